The second kappa shape index (κ2) is 7.22. The molecule has 0 aliphatic carbocycles. The first-order valence-electron chi connectivity index (χ1n) is 5.58. The van der Waals surface area contributed by atoms with Gasteiger partial charge in [-0.25, -0.2) is 23.1 Å². The molecule has 19 heavy (non-hydrogen) atoms. The van der Waals surface area contributed by atoms with Crippen LogP contribution in [0.2, 0.25) is 0 Å². The van der Waals surface area contributed by atoms with Gasteiger partial charge in [0.05, 0.1) is 25.5 Å². The van der Waals surface area contributed by atoms with Crippen molar-refractivity contribution in [3.8, 4) is 11.8 Å². The molecule has 1 aromatic rings. The van der Waals surface area contributed by atoms with Crippen molar-refractivity contribution in [3.63, 3.8) is 0 Å². The van der Waals surface area contributed by atoms with Gasteiger partial charge in [0.2, 0.25) is 21.8 Å². The van der Waals surface area contributed by atoms with E-state index < -0.39 is 10.0 Å². The Bertz CT molecular complexity index is 484. The Morgan fingerprint density at radius 1 is 1.21 bits per heavy atom. The van der Waals surface area contributed by atoms with Gasteiger partial charge in [-0.15, -0.1) is 0 Å². The summed E-state index contributed by atoms with van der Waals surface area (Å²) in [5.74, 6) is 0.786. The summed E-state index contributed by atoms with van der Waals surface area (Å²) >= 11 is 0. The van der Waals surface area contributed by atoms with Crippen LogP contribution in [0.5, 0.6) is 11.8 Å². The van der Waals surface area contributed by atoms with Crippen LogP contribution in [0.1, 0.15) is 5.56 Å². The van der Waals surface area contributed by atoms with E-state index in [1.165, 1.54) is 27.6 Å². The molecule has 108 valence electrons. The van der Waals surface area contributed by atoms with Crippen LogP contribution in [-0.2, 0) is 16.6 Å². The monoisotopic (exact) mass is 290 g/mol. The third-order valence-corrected chi connectivity index (χ3v) is 3.78. The highest BCUT2D eigenvalue weighted by atomic mass is 32.2. The Balaban J connectivity index is 2.62. The molecule has 0 saturated carbocycles. The summed E-state index contributed by atoms with van der Waals surface area (Å²) in [6.07, 6.45) is 1.34. The zero-order chi connectivity index (χ0) is 14.3. The van der Waals surface area contributed by atoms with E-state index in [9.17, 15) is 8.42 Å². The molecule has 0 spiro atoms. The van der Waals surface area contributed by atoms with E-state index in [4.69, 9.17) is 9.47 Å². The standard InChI is InChI=1S/C10H18N4O4S/c1-11-19(15,16)5-4-12-6-8-9(17-2)13-7-14-10(8)18-3/h7,11-12H,4-6H2,1-3H3. The molecule has 1 heterocycles. The van der Waals surface area contributed by atoms with Crippen molar-refractivity contribution in [2.45, 2.75) is 6.54 Å². The Morgan fingerprint density at radius 2 is 1.79 bits per heavy atom. The fourth-order valence-corrected chi connectivity index (χ4v) is 2.02. The average Bonchev–Trinajstić information content (AvgIpc) is 2.43. The first-order valence-corrected chi connectivity index (χ1v) is 7.23. The van der Waals surface area contributed by atoms with E-state index in [1.807, 2.05) is 0 Å². The van der Waals surface area contributed by atoms with Gasteiger partial charge in [-0.3, -0.25) is 0 Å². The maximum absolute atomic E-state index is 11.2. The summed E-state index contributed by atoms with van der Waals surface area (Å²) in [4.78, 5) is 7.93. The van der Waals surface area contributed by atoms with Gasteiger partial charge in [-0.2, -0.15) is 0 Å². The van der Waals surface area contributed by atoms with Crippen LogP contribution in [0.4, 0.5) is 0 Å². The van der Waals surface area contributed by atoms with Gasteiger partial charge in [0.15, 0.2) is 0 Å². The molecule has 0 aliphatic heterocycles. The Hall–Kier alpha value is -1.45. The SMILES string of the molecule is CNS(=O)(=O)CCNCc1c(OC)ncnc1OC. The molecule has 0 amide bonds. The van der Waals surface area contributed by atoms with Gasteiger partial charge < -0.3 is 14.8 Å². The molecule has 2 N–H and O–H groups in total. The molecule has 0 bridgehead atoms. The normalized spacial score (nSPS) is 11.3. The first kappa shape index (κ1) is 15.6. The molecule has 0 atom stereocenters. The number of sulfonamides is 1. The van der Waals surface area contributed by atoms with Crippen LogP contribution in [0.15, 0.2) is 6.33 Å². The van der Waals surface area contributed by atoms with Gasteiger partial charge >= 0.3 is 0 Å². The highest BCUT2D eigenvalue weighted by molar-refractivity contribution is 7.89. The smallest absolute Gasteiger partial charge is 0.224 e. The number of nitrogens with zero attached hydrogens (tertiary/aromatic N) is 2. The molecule has 0 aromatic carbocycles. The van der Waals surface area contributed by atoms with Crippen molar-refractivity contribution in [1.82, 2.24) is 20.0 Å². The lowest BCUT2D eigenvalue weighted by Crippen LogP contribution is -2.29. The Labute approximate surface area is 112 Å². The molecule has 8 nitrogen and oxygen atoms in total. The predicted octanol–water partition coefficient (Wildman–Crippen LogP) is -0.867. The molecule has 0 radical (unpaired) electrons. The van der Waals surface area contributed by atoms with E-state index in [1.54, 1.807) is 0 Å². The number of ether oxygens (including phenoxy) is 2. The summed E-state index contributed by atoms with van der Waals surface area (Å²) < 4.78 is 34.9. The van der Waals surface area contributed by atoms with Crippen molar-refractivity contribution in [2.24, 2.45) is 0 Å². The van der Waals surface area contributed by atoms with Crippen LogP contribution >= 0.6 is 0 Å². The van der Waals surface area contributed by atoms with Gasteiger partial charge in [-0.05, 0) is 7.05 Å². The summed E-state index contributed by atoms with van der Waals surface area (Å²) in [5, 5.41) is 2.98. The van der Waals surface area contributed by atoms with Crippen molar-refractivity contribution in [3.05, 3.63) is 11.9 Å². The number of hydrogen-bond donors (Lipinski definition) is 2. The minimum Gasteiger partial charge on any atom is -0.481 e. The van der Waals surface area contributed by atoms with Gasteiger partial charge in [0.1, 0.15) is 6.33 Å². The summed E-state index contributed by atoms with van der Waals surface area (Å²) in [6, 6.07) is 0. The Kier molecular flexibility index (Phi) is 5.93. The number of hydrogen-bond acceptors (Lipinski definition) is 7. The second-order valence-corrected chi connectivity index (χ2v) is 5.62. The maximum Gasteiger partial charge on any atom is 0.224 e. The van der Waals surface area contributed by atoms with E-state index in [2.05, 4.69) is 20.0 Å². The minimum atomic E-state index is -3.21. The van der Waals surface area contributed by atoms with E-state index in [0.717, 1.165) is 0 Å². The zero-order valence-electron chi connectivity index (χ0n) is 11.1. The van der Waals surface area contributed by atoms with Crippen LogP contribution in [0, 0.1) is 0 Å². The largest absolute Gasteiger partial charge is 0.481 e. The summed E-state index contributed by atoms with van der Waals surface area (Å²) in [7, 11) is 1.16. The molecule has 0 unspecified atom stereocenters. The number of nitrogens with one attached hydrogen (secondary N) is 2. The lowest BCUT2D eigenvalue weighted by atomic mass is 10.3. The van der Waals surface area contributed by atoms with E-state index in [-0.39, 0.29) is 5.75 Å². The van der Waals surface area contributed by atoms with Crippen LogP contribution in [-0.4, -0.2) is 52.0 Å². The van der Waals surface area contributed by atoms with Crippen molar-refractivity contribution in [2.75, 3.05) is 33.6 Å². The van der Waals surface area contributed by atoms with E-state index in [0.29, 0.717) is 30.4 Å². The van der Waals surface area contributed by atoms with Crippen molar-refractivity contribution < 1.29 is 17.9 Å². The van der Waals surface area contributed by atoms with Gasteiger partial charge in [0, 0.05) is 13.1 Å². The van der Waals surface area contributed by atoms with Crippen LogP contribution in [0.25, 0.3) is 0 Å². The highest BCUT2D eigenvalue weighted by Gasteiger charge is 2.13. The second-order valence-electron chi connectivity index (χ2n) is 3.57. The predicted molar refractivity (Wildman–Crippen MR) is 69.7 cm³/mol. The maximum atomic E-state index is 11.2. The molecule has 1 rings (SSSR count). The molecule has 9 heteroatoms. The molecule has 0 saturated heterocycles. The number of rotatable bonds is 8. The molecular weight excluding hydrogens is 272 g/mol. The topological polar surface area (TPSA) is 102 Å². The molecule has 1 aromatic heterocycles. The van der Waals surface area contributed by atoms with Crippen LogP contribution in [0.3, 0.4) is 0 Å². The quantitative estimate of drug-likeness (QED) is 0.600. The van der Waals surface area contributed by atoms with Crippen molar-refractivity contribution >= 4 is 10.0 Å². The molecule has 0 fully saturated rings. The van der Waals surface area contributed by atoms with E-state index >= 15 is 0 Å². The fraction of sp³-hybridized carbons (Fsp3) is 0.600. The van der Waals surface area contributed by atoms with Crippen LogP contribution < -0.4 is 19.5 Å². The molecule has 0 aliphatic rings. The fourth-order valence-electron chi connectivity index (χ4n) is 1.41. The number of aromatic nitrogens is 2. The minimum absolute atomic E-state index is 0.0121. The number of methoxy groups -OCH3 is 2. The Morgan fingerprint density at radius 3 is 2.26 bits per heavy atom. The lowest BCUT2D eigenvalue weighted by molar-refractivity contribution is 0.359. The lowest BCUT2D eigenvalue weighted by Gasteiger charge is -2.11. The first-order chi connectivity index (χ1) is 9.04. The van der Waals surface area contributed by atoms with Crippen molar-refractivity contribution in [1.29, 1.82) is 0 Å². The highest BCUT2D eigenvalue weighted by Crippen LogP contribution is 2.22. The van der Waals surface area contributed by atoms with Gasteiger partial charge in [0.25, 0.3) is 0 Å². The summed E-state index contributed by atoms with van der Waals surface area (Å²) in [5.41, 5.74) is 0.648. The third kappa shape index (κ3) is 4.62. The molecular formula is C10H18N4O4S. The summed E-state index contributed by atoms with van der Waals surface area (Å²) in [6.45, 7) is 0.650. The average molecular weight is 290 g/mol. The van der Waals surface area contributed by atoms with Gasteiger partial charge in [-0.1, -0.05) is 0 Å². The zero-order valence-corrected chi connectivity index (χ0v) is 12.0. The third-order valence-electron chi connectivity index (χ3n) is 2.41.